The van der Waals surface area contributed by atoms with Gasteiger partial charge in [-0.1, -0.05) is 42.5 Å². The average Bonchev–Trinajstić information content (AvgIpc) is 2.68. The minimum Gasteiger partial charge on any atom is -0.502 e. The fourth-order valence-corrected chi connectivity index (χ4v) is 3.15. The van der Waals surface area contributed by atoms with Gasteiger partial charge in [0.25, 0.3) is 0 Å². The van der Waals surface area contributed by atoms with Crippen molar-refractivity contribution in [1.82, 2.24) is 0 Å². The molecule has 140 valence electrons. The third-order valence-corrected chi connectivity index (χ3v) is 4.35. The van der Waals surface area contributed by atoms with Crippen LogP contribution in [0.3, 0.4) is 0 Å². The largest absolute Gasteiger partial charge is 0.502 e. The van der Waals surface area contributed by atoms with Gasteiger partial charge in [0.1, 0.15) is 12.4 Å². The molecule has 0 radical (unpaired) electrons. The van der Waals surface area contributed by atoms with E-state index in [4.69, 9.17) is 9.15 Å². The quantitative estimate of drug-likeness (QED) is 0.649. The minimum atomic E-state index is -0.741. The first kappa shape index (κ1) is 18.7. The summed E-state index contributed by atoms with van der Waals surface area (Å²) in [5, 5.41) is 21.5. The number of rotatable bonds is 6. The molecule has 1 atom stereocenters. The van der Waals surface area contributed by atoms with Crippen molar-refractivity contribution in [2.24, 2.45) is 0 Å². The molecule has 0 aliphatic rings. The molecule has 0 bridgehead atoms. The first-order chi connectivity index (χ1) is 13.0. The average molecular weight is 368 g/mol. The molecule has 3 aromatic rings. The van der Waals surface area contributed by atoms with Crippen molar-refractivity contribution in [1.29, 1.82) is 0 Å². The lowest BCUT2D eigenvalue weighted by atomic mass is 9.88. The number of carbonyl (C=O) groups is 1. The van der Waals surface area contributed by atoms with Gasteiger partial charge in [0, 0.05) is 6.07 Å². The molecular weight excluding hydrogens is 348 g/mol. The molecule has 0 aliphatic carbocycles. The monoisotopic (exact) mass is 368 g/mol. The lowest BCUT2D eigenvalue weighted by Crippen LogP contribution is -2.15. The fourth-order valence-electron chi connectivity index (χ4n) is 3.15. The van der Waals surface area contributed by atoms with Crippen molar-refractivity contribution in [3.05, 3.63) is 75.8 Å². The topological polar surface area (TPSA) is 97.0 Å². The molecule has 0 aliphatic heterocycles. The summed E-state index contributed by atoms with van der Waals surface area (Å²) in [4.78, 5) is 24.3. The number of hydrogen-bond acceptors (Lipinski definition) is 6. The second kappa shape index (κ2) is 8.05. The Bertz CT molecular complexity index is 1020. The highest BCUT2D eigenvalue weighted by Crippen LogP contribution is 2.37. The van der Waals surface area contributed by atoms with E-state index >= 15 is 0 Å². The van der Waals surface area contributed by atoms with Crippen LogP contribution in [0, 0.1) is 0 Å². The number of hydrogen-bond donors (Lipinski definition) is 2. The molecule has 0 fully saturated rings. The first-order valence-electron chi connectivity index (χ1n) is 8.65. The summed E-state index contributed by atoms with van der Waals surface area (Å²) in [7, 11) is 0. The number of carbonyl (C=O) groups excluding carboxylic acids is 1. The molecule has 0 saturated carbocycles. The Labute approximate surface area is 155 Å². The summed E-state index contributed by atoms with van der Waals surface area (Å²) in [6, 6.07) is 14.2. The van der Waals surface area contributed by atoms with Crippen molar-refractivity contribution >= 4 is 16.7 Å². The van der Waals surface area contributed by atoms with E-state index in [1.165, 1.54) is 0 Å². The van der Waals surface area contributed by atoms with Crippen molar-refractivity contribution < 1.29 is 24.2 Å². The van der Waals surface area contributed by atoms with Gasteiger partial charge >= 0.3 is 5.97 Å². The SMILES string of the molecule is CCOC(=O)C[C@H](c1oc(CO)cc(=O)c1O)c1cccc2ccccc12. The van der Waals surface area contributed by atoms with Crippen molar-refractivity contribution in [3.8, 4) is 5.75 Å². The van der Waals surface area contributed by atoms with Gasteiger partial charge in [0.15, 0.2) is 5.76 Å². The maximum atomic E-state index is 12.2. The molecule has 6 nitrogen and oxygen atoms in total. The van der Waals surface area contributed by atoms with Crippen LogP contribution in [0.25, 0.3) is 10.8 Å². The Hall–Kier alpha value is -3.12. The predicted octanol–water partition coefficient (Wildman–Crippen LogP) is 3.08. The van der Waals surface area contributed by atoms with Crippen molar-refractivity contribution in [2.75, 3.05) is 6.61 Å². The van der Waals surface area contributed by atoms with Gasteiger partial charge in [-0.2, -0.15) is 0 Å². The van der Waals surface area contributed by atoms with Crippen molar-refractivity contribution in [3.63, 3.8) is 0 Å². The summed E-state index contributed by atoms with van der Waals surface area (Å²) in [6.07, 6.45) is -0.118. The van der Waals surface area contributed by atoms with Gasteiger partial charge in [-0.05, 0) is 23.3 Å². The van der Waals surface area contributed by atoms with E-state index in [9.17, 15) is 19.8 Å². The zero-order valence-electron chi connectivity index (χ0n) is 14.8. The van der Waals surface area contributed by atoms with Gasteiger partial charge in [0.05, 0.1) is 18.9 Å². The van der Waals surface area contributed by atoms with Crippen LogP contribution in [-0.4, -0.2) is 22.8 Å². The molecular formula is C21H20O6. The summed E-state index contributed by atoms with van der Waals surface area (Å²) in [5.41, 5.74) is 0.0455. The van der Waals surface area contributed by atoms with Crippen LogP contribution in [0.15, 0.2) is 57.7 Å². The lowest BCUT2D eigenvalue weighted by molar-refractivity contribution is -0.143. The number of aliphatic hydroxyl groups excluding tert-OH is 1. The Morgan fingerprint density at radius 3 is 2.67 bits per heavy atom. The molecule has 6 heteroatoms. The van der Waals surface area contributed by atoms with Gasteiger partial charge in [-0.3, -0.25) is 9.59 Å². The summed E-state index contributed by atoms with van der Waals surface area (Å²) < 4.78 is 10.6. The maximum Gasteiger partial charge on any atom is 0.306 e. The van der Waals surface area contributed by atoms with E-state index in [0.29, 0.717) is 0 Å². The van der Waals surface area contributed by atoms with E-state index < -0.39 is 29.7 Å². The zero-order valence-corrected chi connectivity index (χ0v) is 14.8. The standard InChI is InChI=1S/C21H20O6/c1-2-26-19(24)11-17(21-20(25)18(23)10-14(12-22)27-21)16-9-5-7-13-6-3-4-8-15(13)16/h3-10,17,22,25H,2,11-12H2,1H3/t17-/m0/s1. The van der Waals surface area contributed by atoms with Gasteiger partial charge in [0.2, 0.25) is 11.2 Å². The highest BCUT2D eigenvalue weighted by Gasteiger charge is 2.27. The Kier molecular flexibility index (Phi) is 5.57. The molecule has 0 unspecified atom stereocenters. The number of fused-ring (bicyclic) bond motifs is 1. The minimum absolute atomic E-state index is 0.0156. The molecule has 2 N–H and O–H groups in total. The van der Waals surface area contributed by atoms with Crippen LogP contribution in [0.2, 0.25) is 0 Å². The van der Waals surface area contributed by atoms with Crippen molar-refractivity contribution in [2.45, 2.75) is 25.9 Å². The van der Waals surface area contributed by atoms with E-state index in [2.05, 4.69) is 0 Å². The lowest BCUT2D eigenvalue weighted by Gasteiger charge is -2.19. The molecule has 3 rings (SSSR count). The van der Waals surface area contributed by atoms with Gasteiger partial charge < -0.3 is 19.4 Å². The summed E-state index contributed by atoms with van der Waals surface area (Å²) in [6.45, 7) is 1.42. The second-order valence-corrected chi connectivity index (χ2v) is 6.08. The number of ether oxygens (including phenoxy) is 1. The molecule has 2 aromatic carbocycles. The van der Waals surface area contributed by atoms with E-state index in [1.54, 1.807) is 6.92 Å². The molecule has 1 aromatic heterocycles. The third-order valence-electron chi connectivity index (χ3n) is 4.35. The fraction of sp³-hybridized carbons (Fsp3) is 0.238. The smallest absolute Gasteiger partial charge is 0.306 e. The molecule has 0 saturated heterocycles. The first-order valence-corrected chi connectivity index (χ1v) is 8.65. The summed E-state index contributed by atoms with van der Waals surface area (Å²) >= 11 is 0. The third kappa shape index (κ3) is 3.85. The van der Waals surface area contributed by atoms with Crippen LogP contribution in [-0.2, 0) is 16.1 Å². The predicted molar refractivity (Wildman–Crippen MR) is 99.6 cm³/mol. The molecule has 0 spiro atoms. The van der Waals surface area contributed by atoms with Crippen LogP contribution < -0.4 is 5.43 Å². The highest BCUT2D eigenvalue weighted by molar-refractivity contribution is 5.87. The Morgan fingerprint density at radius 1 is 1.19 bits per heavy atom. The van der Waals surface area contributed by atoms with Gasteiger partial charge in [-0.25, -0.2) is 0 Å². The van der Waals surface area contributed by atoms with Crippen LogP contribution >= 0.6 is 0 Å². The van der Waals surface area contributed by atoms with Crippen LogP contribution in [0.1, 0.15) is 36.3 Å². The molecule has 1 heterocycles. The van der Waals surface area contributed by atoms with Gasteiger partial charge in [-0.15, -0.1) is 0 Å². The summed E-state index contributed by atoms with van der Waals surface area (Å²) in [5.74, 6) is -1.84. The van der Waals surface area contributed by atoms with Crippen LogP contribution in [0.4, 0.5) is 0 Å². The number of benzene rings is 2. The van der Waals surface area contributed by atoms with E-state index in [1.807, 2.05) is 42.5 Å². The second-order valence-electron chi connectivity index (χ2n) is 6.08. The molecule has 27 heavy (non-hydrogen) atoms. The number of aliphatic hydroxyl groups is 1. The number of aromatic hydroxyl groups is 1. The highest BCUT2D eigenvalue weighted by atomic mass is 16.5. The number of esters is 1. The van der Waals surface area contributed by atoms with E-state index in [-0.39, 0.29) is 24.5 Å². The van der Waals surface area contributed by atoms with Crippen LogP contribution in [0.5, 0.6) is 5.75 Å². The molecule has 0 amide bonds. The Balaban J connectivity index is 2.22. The normalized spacial score (nSPS) is 12.1. The Morgan fingerprint density at radius 2 is 1.93 bits per heavy atom. The zero-order chi connectivity index (χ0) is 19.4. The van der Waals surface area contributed by atoms with E-state index in [0.717, 1.165) is 22.4 Å². The maximum absolute atomic E-state index is 12.2.